The molecule has 0 unspecified atom stereocenters. The number of benzene rings is 2. The molecular formula is C26H29NO8. The maximum Gasteiger partial charge on any atom is 0.412 e. The van der Waals surface area contributed by atoms with Crippen LogP contribution in [0, 0.1) is 6.92 Å². The first-order valence-corrected chi connectivity index (χ1v) is 11.3. The van der Waals surface area contributed by atoms with Crippen LogP contribution < -0.4 is 15.7 Å². The van der Waals surface area contributed by atoms with Crippen LogP contribution in [0.15, 0.2) is 57.7 Å². The lowest BCUT2D eigenvalue weighted by Crippen LogP contribution is -2.56. The number of aliphatic hydroxyl groups excluding tert-OH is 1. The Hall–Kier alpha value is -3.40. The van der Waals surface area contributed by atoms with Gasteiger partial charge in [-0.2, -0.15) is 0 Å². The van der Waals surface area contributed by atoms with E-state index in [0.29, 0.717) is 22.3 Å². The van der Waals surface area contributed by atoms with Crippen molar-refractivity contribution in [1.82, 2.24) is 0 Å². The number of hydrogen-bond donors (Lipinski definition) is 2. The summed E-state index contributed by atoms with van der Waals surface area (Å²) in [5.41, 5.74) is 0.220. The van der Waals surface area contributed by atoms with Crippen molar-refractivity contribution in [2.75, 3.05) is 12.4 Å². The van der Waals surface area contributed by atoms with Crippen molar-refractivity contribution in [3.63, 3.8) is 0 Å². The quantitative estimate of drug-likeness (QED) is 0.503. The van der Waals surface area contributed by atoms with Crippen LogP contribution in [-0.2, 0) is 20.8 Å². The highest BCUT2D eigenvalue weighted by atomic mass is 16.7. The van der Waals surface area contributed by atoms with Crippen LogP contribution in [-0.4, -0.2) is 42.4 Å². The van der Waals surface area contributed by atoms with E-state index < -0.39 is 35.8 Å². The van der Waals surface area contributed by atoms with Gasteiger partial charge in [0.25, 0.3) is 0 Å². The van der Waals surface area contributed by atoms with Gasteiger partial charge in [-0.3, -0.25) is 5.32 Å². The summed E-state index contributed by atoms with van der Waals surface area (Å²) in [7, 11) is 1.53. The van der Waals surface area contributed by atoms with Gasteiger partial charge in [0.05, 0.1) is 11.7 Å². The summed E-state index contributed by atoms with van der Waals surface area (Å²) in [6.07, 6.45) is -2.50. The van der Waals surface area contributed by atoms with Gasteiger partial charge in [-0.25, -0.2) is 9.59 Å². The molecule has 4 rings (SSSR count). The zero-order chi connectivity index (χ0) is 25.2. The second kappa shape index (κ2) is 10.1. The maximum absolute atomic E-state index is 12.5. The fourth-order valence-electron chi connectivity index (χ4n) is 4.28. The number of nitrogens with one attached hydrogen (secondary N) is 1. The third-order valence-corrected chi connectivity index (χ3v) is 5.97. The maximum atomic E-state index is 12.5. The fraction of sp³-hybridized carbons (Fsp3) is 0.385. The lowest BCUT2D eigenvalue weighted by molar-refractivity contribution is -0.264. The second-order valence-electron chi connectivity index (χ2n) is 8.97. The molecule has 1 saturated heterocycles. The zero-order valence-electron chi connectivity index (χ0n) is 20.1. The number of carbonyl (C=O) groups excluding carboxylic acids is 1. The summed E-state index contributed by atoms with van der Waals surface area (Å²) in [4.78, 5) is 24.7. The van der Waals surface area contributed by atoms with Crippen molar-refractivity contribution >= 4 is 22.7 Å². The number of hydrogen-bond acceptors (Lipinski definition) is 8. The average Bonchev–Trinajstić information content (AvgIpc) is 2.81. The predicted molar refractivity (Wildman–Crippen MR) is 128 cm³/mol. The van der Waals surface area contributed by atoms with E-state index in [0.717, 1.165) is 5.56 Å². The van der Waals surface area contributed by atoms with E-state index in [9.17, 15) is 14.7 Å². The predicted octanol–water partition coefficient (Wildman–Crippen LogP) is 4.13. The largest absolute Gasteiger partial charge is 0.464 e. The Kier molecular flexibility index (Phi) is 7.11. The second-order valence-corrected chi connectivity index (χ2v) is 8.97. The smallest absolute Gasteiger partial charge is 0.412 e. The average molecular weight is 484 g/mol. The summed E-state index contributed by atoms with van der Waals surface area (Å²) >= 11 is 0. The Morgan fingerprint density at radius 2 is 1.94 bits per heavy atom. The number of rotatable bonds is 6. The van der Waals surface area contributed by atoms with Gasteiger partial charge < -0.3 is 28.5 Å². The molecule has 0 saturated carbocycles. The molecule has 1 amide bonds. The number of aryl methyl sites for hydroxylation is 1. The van der Waals surface area contributed by atoms with E-state index in [2.05, 4.69) is 5.32 Å². The highest BCUT2D eigenvalue weighted by molar-refractivity contribution is 5.89. The van der Waals surface area contributed by atoms with Crippen molar-refractivity contribution in [2.45, 2.75) is 57.9 Å². The molecule has 35 heavy (non-hydrogen) atoms. The summed E-state index contributed by atoms with van der Waals surface area (Å²) in [5, 5.41) is 13.5. The number of aliphatic hydroxyl groups is 1. The Morgan fingerprint density at radius 3 is 2.63 bits per heavy atom. The molecule has 1 fully saturated rings. The molecule has 2 aromatic carbocycles. The normalized spacial score (nSPS) is 21.5. The molecule has 0 radical (unpaired) electrons. The fourth-order valence-corrected chi connectivity index (χ4v) is 4.28. The molecule has 9 nitrogen and oxygen atoms in total. The van der Waals surface area contributed by atoms with Gasteiger partial charge in [-0.15, -0.1) is 0 Å². The van der Waals surface area contributed by atoms with Crippen molar-refractivity contribution in [3.8, 4) is 5.75 Å². The summed E-state index contributed by atoms with van der Waals surface area (Å²) in [5.74, 6) is 0.451. The molecular weight excluding hydrogens is 454 g/mol. The molecule has 0 aliphatic carbocycles. The lowest BCUT2D eigenvalue weighted by atomic mass is 9.91. The summed E-state index contributed by atoms with van der Waals surface area (Å²) in [6.45, 7) is 5.48. The monoisotopic (exact) mass is 483 g/mol. The molecule has 1 aliphatic rings. The highest BCUT2D eigenvalue weighted by Gasteiger charge is 2.44. The summed E-state index contributed by atoms with van der Waals surface area (Å²) in [6, 6.07) is 14.2. The van der Waals surface area contributed by atoms with Crippen LogP contribution in [0.2, 0.25) is 0 Å². The van der Waals surface area contributed by atoms with E-state index >= 15 is 0 Å². The number of anilines is 1. The number of fused-ring (bicyclic) bond motifs is 1. The van der Waals surface area contributed by atoms with Gasteiger partial charge in [0, 0.05) is 24.5 Å². The number of amides is 1. The summed E-state index contributed by atoms with van der Waals surface area (Å²) < 4.78 is 28.1. The van der Waals surface area contributed by atoms with Crippen LogP contribution in [0.5, 0.6) is 5.75 Å². The van der Waals surface area contributed by atoms with E-state index in [4.69, 9.17) is 23.4 Å². The molecule has 1 aliphatic heterocycles. The molecule has 2 heterocycles. The zero-order valence-corrected chi connectivity index (χ0v) is 20.1. The molecule has 3 aromatic rings. The van der Waals surface area contributed by atoms with Crippen LogP contribution in [0.4, 0.5) is 10.5 Å². The Labute approximate surface area is 202 Å². The van der Waals surface area contributed by atoms with Crippen LogP contribution in [0.1, 0.15) is 31.4 Å². The van der Waals surface area contributed by atoms with Crippen molar-refractivity contribution in [3.05, 3.63) is 70.1 Å². The topological polar surface area (TPSA) is 116 Å². The minimum Gasteiger partial charge on any atom is -0.464 e. The molecule has 1 aromatic heterocycles. The van der Waals surface area contributed by atoms with Crippen LogP contribution in [0.25, 0.3) is 11.0 Å². The lowest BCUT2D eigenvalue weighted by Gasteiger charge is -2.44. The number of ether oxygens (including phenoxy) is 4. The van der Waals surface area contributed by atoms with E-state index in [1.54, 1.807) is 19.1 Å². The highest BCUT2D eigenvalue weighted by Crippen LogP contribution is 2.34. The SMILES string of the molecule is CO[C@@H]1[C@@H](O)C[C@H](Oc2ccc3cc(NC(=O)OCc4ccccc4)c(=O)oc3c2C)OC1(C)C. The molecule has 0 spiro atoms. The molecule has 2 N–H and O–H groups in total. The van der Waals surface area contributed by atoms with Crippen molar-refractivity contribution in [2.24, 2.45) is 0 Å². The molecule has 186 valence electrons. The first-order chi connectivity index (χ1) is 16.7. The molecule has 0 bridgehead atoms. The molecule has 9 heteroatoms. The van der Waals surface area contributed by atoms with Gasteiger partial charge in [0.15, 0.2) is 0 Å². The molecule has 3 atom stereocenters. The minimum atomic E-state index is -0.762. The number of carbonyl (C=O) groups is 1. The standard InChI is InChI=1S/C26H29NO8/c1-15-20(33-21-13-19(28)23(31-4)26(2,3)35-21)11-10-17-12-18(24(29)34-22(15)17)27-25(30)32-14-16-8-6-5-7-9-16/h5-12,19,21,23,28H,13-14H2,1-4H3,(H,27,30)/t19-,21+,23+/m0/s1. The van der Waals surface area contributed by atoms with Gasteiger partial charge in [-0.05, 0) is 44.5 Å². The Balaban J connectivity index is 1.48. The Morgan fingerprint density at radius 1 is 1.20 bits per heavy atom. The van der Waals surface area contributed by atoms with Crippen LogP contribution in [0.3, 0.4) is 0 Å². The van der Waals surface area contributed by atoms with E-state index in [1.807, 2.05) is 44.2 Å². The van der Waals surface area contributed by atoms with Gasteiger partial charge in [-0.1, -0.05) is 30.3 Å². The van der Waals surface area contributed by atoms with Gasteiger partial charge in [0.1, 0.15) is 29.7 Å². The van der Waals surface area contributed by atoms with Crippen molar-refractivity contribution < 1.29 is 33.3 Å². The van der Waals surface area contributed by atoms with E-state index in [1.165, 1.54) is 13.2 Å². The van der Waals surface area contributed by atoms with E-state index in [-0.39, 0.29) is 18.7 Å². The number of methoxy groups -OCH3 is 1. The first-order valence-electron chi connectivity index (χ1n) is 11.3. The Bertz CT molecular complexity index is 1250. The van der Waals surface area contributed by atoms with Crippen molar-refractivity contribution in [1.29, 1.82) is 0 Å². The minimum absolute atomic E-state index is 0.0327. The van der Waals surface area contributed by atoms with Crippen LogP contribution >= 0.6 is 0 Å². The third kappa shape index (κ3) is 5.48. The van der Waals surface area contributed by atoms with Gasteiger partial charge in [0.2, 0.25) is 6.29 Å². The first kappa shape index (κ1) is 24.7. The third-order valence-electron chi connectivity index (χ3n) is 5.97. The van der Waals surface area contributed by atoms with Gasteiger partial charge >= 0.3 is 11.7 Å².